The van der Waals surface area contributed by atoms with Gasteiger partial charge in [-0.05, 0) is 30.6 Å². The first-order valence-electron chi connectivity index (χ1n) is 9.28. The van der Waals surface area contributed by atoms with E-state index in [1.54, 1.807) is 0 Å². The van der Waals surface area contributed by atoms with Crippen molar-refractivity contribution in [2.45, 2.75) is 57.4 Å². The number of nitrogens with one attached hydrogen (secondary N) is 2. The standard InChI is InChI=1S/C19H28N2O3/c1-2-14-13-21-8-5-15(14)9-16(21)12-20-17(22)10-19(11-18(23)24)6-3-4-7-19/h1,14-16H,3-13H2,(H,20,22)(H,23,24)/t14-,15-,16+/m0/s1. The summed E-state index contributed by atoms with van der Waals surface area (Å²) in [6.07, 6.45) is 11.9. The van der Waals surface area contributed by atoms with Gasteiger partial charge in [-0.1, -0.05) is 18.8 Å². The monoisotopic (exact) mass is 332 g/mol. The van der Waals surface area contributed by atoms with Gasteiger partial charge in [0, 0.05) is 25.2 Å². The average Bonchev–Trinajstić information content (AvgIpc) is 3.00. The number of fused-ring (bicyclic) bond motifs is 3. The molecule has 0 aromatic carbocycles. The van der Waals surface area contributed by atoms with Crippen molar-refractivity contribution in [2.75, 3.05) is 19.6 Å². The van der Waals surface area contributed by atoms with E-state index in [4.69, 9.17) is 6.42 Å². The van der Waals surface area contributed by atoms with E-state index < -0.39 is 5.97 Å². The number of amides is 1. The number of hydrogen-bond donors (Lipinski definition) is 2. The molecule has 5 heteroatoms. The first-order valence-corrected chi connectivity index (χ1v) is 9.28. The fourth-order valence-electron chi connectivity index (χ4n) is 5.22. The van der Waals surface area contributed by atoms with Crippen molar-refractivity contribution in [1.29, 1.82) is 0 Å². The number of carboxylic acids is 1. The minimum atomic E-state index is -1.04. The number of carbonyl (C=O) groups is 2. The lowest BCUT2D eigenvalue weighted by molar-refractivity contribution is -0.943. The van der Waals surface area contributed by atoms with Gasteiger partial charge in [0.25, 0.3) is 0 Å². The summed E-state index contributed by atoms with van der Waals surface area (Å²) < 4.78 is 0. The highest BCUT2D eigenvalue weighted by Crippen LogP contribution is 2.43. The maximum absolute atomic E-state index is 12.4. The molecule has 1 saturated carbocycles. The number of aliphatic carboxylic acids is 1. The van der Waals surface area contributed by atoms with E-state index in [-0.39, 0.29) is 17.7 Å². The van der Waals surface area contributed by atoms with E-state index >= 15 is 0 Å². The van der Waals surface area contributed by atoms with Crippen molar-refractivity contribution in [1.82, 2.24) is 5.32 Å². The highest BCUT2D eigenvalue weighted by molar-refractivity contribution is 5.77. The Hall–Kier alpha value is -1.54. The Morgan fingerprint density at radius 3 is 2.62 bits per heavy atom. The molecular weight excluding hydrogens is 304 g/mol. The van der Waals surface area contributed by atoms with Crippen LogP contribution in [0.4, 0.5) is 0 Å². The van der Waals surface area contributed by atoms with Crippen LogP contribution >= 0.6 is 0 Å². The normalized spacial score (nSPS) is 33.8. The molecule has 0 radical (unpaired) electrons. The minimum absolute atomic E-state index is 0.00584. The van der Waals surface area contributed by atoms with Gasteiger partial charge in [-0.25, -0.2) is 0 Å². The Kier molecular flexibility index (Phi) is 5.15. The number of carboxylic acid groups (broad SMARTS) is 1. The molecule has 1 amide bonds. The van der Waals surface area contributed by atoms with Crippen molar-refractivity contribution in [3.05, 3.63) is 0 Å². The molecule has 2 N–H and O–H groups in total. The summed E-state index contributed by atoms with van der Waals surface area (Å²) in [7, 11) is 0. The number of piperidine rings is 3. The lowest BCUT2D eigenvalue weighted by Crippen LogP contribution is -3.20. The van der Waals surface area contributed by atoms with Gasteiger partial charge in [-0.2, -0.15) is 0 Å². The van der Waals surface area contributed by atoms with Crippen molar-refractivity contribution in [3.63, 3.8) is 0 Å². The SMILES string of the molecule is C#C[C@H]1C[NH+]2CC[C@H]1C[C@@H]2CNC(=O)CC1(CC(=O)[O-])CCCC1. The van der Waals surface area contributed by atoms with Gasteiger partial charge in [-0.15, -0.1) is 6.42 Å². The third kappa shape index (κ3) is 3.75. The van der Waals surface area contributed by atoms with Crippen LogP contribution in [0.1, 0.15) is 51.4 Å². The number of carbonyl (C=O) groups excluding carboxylic acids is 2. The molecule has 132 valence electrons. The van der Waals surface area contributed by atoms with Crippen LogP contribution in [-0.4, -0.2) is 37.6 Å². The van der Waals surface area contributed by atoms with Crippen molar-refractivity contribution < 1.29 is 19.6 Å². The highest BCUT2D eigenvalue weighted by Gasteiger charge is 2.43. The van der Waals surface area contributed by atoms with Crippen molar-refractivity contribution in [3.8, 4) is 12.3 Å². The Morgan fingerprint density at radius 1 is 1.29 bits per heavy atom. The van der Waals surface area contributed by atoms with Crippen molar-refractivity contribution >= 4 is 11.9 Å². The van der Waals surface area contributed by atoms with Gasteiger partial charge in [0.15, 0.2) is 0 Å². The minimum Gasteiger partial charge on any atom is -0.550 e. The zero-order chi connectivity index (χ0) is 17.2. The van der Waals surface area contributed by atoms with Crippen LogP contribution < -0.4 is 15.3 Å². The summed E-state index contributed by atoms with van der Waals surface area (Å²) in [6, 6.07) is 0.456. The molecular formula is C19H28N2O3. The predicted molar refractivity (Wildman–Crippen MR) is 87.7 cm³/mol. The Bertz CT molecular complexity index is 533. The summed E-state index contributed by atoms with van der Waals surface area (Å²) in [5, 5.41) is 14.1. The summed E-state index contributed by atoms with van der Waals surface area (Å²) in [5.41, 5.74) is -0.379. The molecule has 4 rings (SSSR count). The maximum atomic E-state index is 12.4. The van der Waals surface area contributed by atoms with Crippen LogP contribution in [0, 0.1) is 29.6 Å². The lowest BCUT2D eigenvalue weighted by Gasteiger charge is -2.45. The molecule has 2 bridgehead atoms. The second-order valence-electron chi connectivity index (χ2n) is 8.10. The Morgan fingerprint density at radius 2 is 2.04 bits per heavy atom. The third-order valence-electron chi connectivity index (χ3n) is 6.53. The number of terminal acetylenes is 1. The first-order chi connectivity index (χ1) is 11.5. The third-order valence-corrected chi connectivity index (χ3v) is 6.53. The summed E-state index contributed by atoms with van der Waals surface area (Å²) in [6.45, 7) is 2.86. The van der Waals surface area contributed by atoms with E-state index in [0.29, 0.717) is 30.8 Å². The van der Waals surface area contributed by atoms with Gasteiger partial charge >= 0.3 is 0 Å². The second-order valence-corrected chi connectivity index (χ2v) is 8.10. The molecule has 0 spiro atoms. The Balaban J connectivity index is 1.49. The van der Waals surface area contributed by atoms with E-state index in [1.165, 1.54) is 11.3 Å². The molecule has 1 aliphatic carbocycles. The smallest absolute Gasteiger partial charge is 0.220 e. The van der Waals surface area contributed by atoms with E-state index in [1.807, 2.05) is 0 Å². The van der Waals surface area contributed by atoms with E-state index in [0.717, 1.165) is 45.2 Å². The zero-order valence-corrected chi connectivity index (χ0v) is 14.3. The molecule has 3 aliphatic heterocycles. The highest BCUT2D eigenvalue weighted by atomic mass is 16.4. The largest absolute Gasteiger partial charge is 0.550 e. The predicted octanol–water partition coefficient (Wildman–Crippen LogP) is -0.880. The van der Waals surface area contributed by atoms with E-state index in [2.05, 4.69) is 11.2 Å². The summed E-state index contributed by atoms with van der Waals surface area (Å²) >= 11 is 0. The lowest BCUT2D eigenvalue weighted by atomic mass is 9.76. The fraction of sp³-hybridized carbons (Fsp3) is 0.789. The zero-order valence-electron chi connectivity index (χ0n) is 14.3. The number of hydrogen-bond acceptors (Lipinski definition) is 3. The van der Waals surface area contributed by atoms with Crippen LogP contribution in [0.5, 0.6) is 0 Å². The maximum Gasteiger partial charge on any atom is 0.220 e. The van der Waals surface area contributed by atoms with Gasteiger partial charge < -0.3 is 20.1 Å². The molecule has 0 aromatic rings. The van der Waals surface area contributed by atoms with Gasteiger partial charge in [0.2, 0.25) is 5.91 Å². The molecule has 4 aliphatic rings. The van der Waals surface area contributed by atoms with Gasteiger partial charge in [-0.3, -0.25) is 4.79 Å². The molecule has 3 heterocycles. The van der Waals surface area contributed by atoms with Crippen LogP contribution in [0.3, 0.4) is 0 Å². The quantitative estimate of drug-likeness (QED) is 0.621. The number of quaternary nitrogens is 1. The molecule has 24 heavy (non-hydrogen) atoms. The fourth-order valence-corrected chi connectivity index (χ4v) is 5.22. The Labute approximate surface area is 144 Å². The molecule has 1 unspecified atom stereocenters. The van der Waals surface area contributed by atoms with Crippen LogP contribution in [-0.2, 0) is 9.59 Å². The molecule has 0 aromatic heterocycles. The van der Waals surface area contributed by atoms with Crippen LogP contribution in [0.25, 0.3) is 0 Å². The van der Waals surface area contributed by atoms with Crippen LogP contribution in [0.15, 0.2) is 0 Å². The second kappa shape index (κ2) is 7.14. The van der Waals surface area contributed by atoms with Gasteiger partial charge in [0.05, 0.1) is 25.6 Å². The molecule has 4 fully saturated rings. The molecule has 4 atom stereocenters. The first kappa shape index (κ1) is 17.3. The summed E-state index contributed by atoms with van der Waals surface area (Å²) in [4.78, 5) is 24.9. The summed E-state index contributed by atoms with van der Waals surface area (Å²) in [5.74, 6) is 2.88. The number of rotatable bonds is 6. The molecule has 5 nitrogen and oxygen atoms in total. The topological polar surface area (TPSA) is 73.7 Å². The van der Waals surface area contributed by atoms with Gasteiger partial charge in [0.1, 0.15) is 6.04 Å². The van der Waals surface area contributed by atoms with Crippen LogP contribution in [0.2, 0.25) is 0 Å². The average molecular weight is 332 g/mol. The van der Waals surface area contributed by atoms with Crippen molar-refractivity contribution in [2.24, 2.45) is 17.3 Å². The molecule has 3 saturated heterocycles. The van der Waals surface area contributed by atoms with E-state index in [9.17, 15) is 14.7 Å².